The van der Waals surface area contributed by atoms with E-state index < -0.39 is 17.9 Å². The third-order valence-electron chi connectivity index (χ3n) is 3.85. The van der Waals surface area contributed by atoms with E-state index in [1.807, 2.05) is 0 Å². The third-order valence-corrected chi connectivity index (χ3v) is 3.85. The van der Waals surface area contributed by atoms with Gasteiger partial charge in [0.15, 0.2) is 0 Å². The molecule has 0 spiro atoms. The standard InChI is InChI=1S/C16H22N2O4/c1-2-13(16(20)21)18-15(19)11-8-9-17-14(10-11)22-12-6-4-3-5-7-12/h8-10,12-13H,2-7H2,1H3,(H,18,19)(H,20,21). The summed E-state index contributed by atoms with van der Waals surface area (Å²) in [4.78, 5) is 27.2. The summed E-state index contributed by atoms with van der Waals surface area (Å²) in [6.45, 7) is 1.71. The first-order valence-electron chi connectivity index (χ1n) is 7.76. The summed E-state index contributed by atoms with van der Waals surface area (Å²) < 4.78 is 5.82. The molecule has 2 rings (SSSR count). The number of ether oxygens (including phenoxy) is 1. The Balaban J connectivity index is 2.00. The maximum absolute atomic E-state index is 12.1. The van der Waals surface area contributed by atoms with Gasteiger partial charge in [0.05, 0.1) is 0 Å². The van der Waals surface area contributed by atoms with E-state index in [-0.39, 0.29) is 6.10 Å². The number of carboxylic acid groups (broad SMARTS) is 1. The molecule has 0 aliphatic heterocycles. The van der Waals surface area contributed by atoms with Crippen molar-refractivity contribution in [3.05, 3.63) is 23.9 Å². The zero-order chi connectivity index (χ0) is 15.9. The third kappa shape index (κ3) is 4.44. The van der Waals surface area contributed by atoms with Crippen LogP contribution in [0.5, 0.6) is 5.88 Å². The number of hydrogen-bond donors (Lipinski definition) is 2. The zero-order valence-corrected chi connectivity index (χ0v) is 12.7. The second kappa shape index (κ2) is 7.77. The van der Waals surface area contributed by atoms with E-state index >= 15 is 0 Å². The molecule has 1 amide bonds. The number of amides is 1. The van der Waals surface area contributed by atoms with Gasteiger partial charge in [0, 0.05) is 17.8 Å². The van der Waals surface area contributed by atoms with Crippen molar-refractivity contribution in [3.8, 4) is 5.88 Å². The number of nitrogens with zero attached hydrogens (tertiary/aromatic N) is 1. The van der Waals surface area contributed by atoms with Crippen LogP contribution in [0.3, 0.4) is 0 Å². The quantitative estimate of drug-likeness (QED) is 0.842. The highest BCUT2D eigenvalue weighted by Crippen LogP contribution is 2.22. The summed E-state index contributed by atoms with van der Waals surface area (Å²) in [5.41, 5.74) is 0.362. The topological polar surface area (TPSA) is 88.5 Å². The average molecular weight is 306 g/mol. The van der Waals surface area contributed by atoms with Gasteiger partial charge in [-0.05, 0) is 38.2 Å². The number of pyridine rings is 1. The van der Waals surface area contributed by atoms with Crippen molar-refractivity contribution < 1.29 is 19.4 Å². The molecule has 1 aliphatic carbocycles. The van der Waals surface area contributed by atoms with Gasteiger partial charge in [-0.1, -0.05) is 13.3 Å². The predicted octanol–water partition coefficient (Wildman–Crippen LogP) is 2.39. The highest BCUT2D eigenvalue weighted by Gasteiger charge is 2.20. The minimum Gasteiger partial charge on any atom is -0.480 e. The lowest BCUT2D eigenvalue weighted by atomic mass is 9.98. The normalized spacial score (nSPS) is 16.8. The van der Waals surface area contributed by atoms with Crippen LogP contribution >= 0.6 is 0 Å². The van der Waals surface area contributed by atoms with Crippen molar-refractivity contribution in [1.29, 1.82) is 0 Å². The van der Waals surface area contributed by atoms with Crippen LogP contribution in [0.1, 0.15) is 55.8 Å². The van der Waals surface area contributed by atoms with E-state index in [4.69, 9.17) is 9.84 Å². The van der Waals surface area contributed by atoms with Crippen LogP contribution in [0.4, 0.5) is 0 Å². The van der Waals surface area contributed by atoms with E-state index in [0.717, 1.165) is 25.7 Å². The first-order valence-corrected chi connectivity index (χ1v) is 7.76. The van der Waals surface area contributed by atoms with Crippen LogP contribution in [0, 0.1) is 0 Å². The lowest BCUT2D eigenvalue weighted by Crippen LogP contribution is -2.40. The molecule has 1 heterocycles. The molecule has 0 saturated heterocycles. The summed E-state index contributed by atoms with van der Waals surface area (Å²) in [5, 5.41) is 11.5. The van der Waals surface area contributed by atoms with Gasteiger partial charge in [-0.25, -0.2) is 9.78 Å². The van der Waals surface area contributed by atoms with Crippen molar-refractivity contribution in [2.45, 2.75) is 57.6 Å². The number of rotatable bonds is 6. The van der Waals surface area contributed by atoms with E-state index in [0.29, 0.717) is 17.9 Å². The van der Waals surface area contributed by atoms with E-state index in [1.54, 1.807) is 19.1 Å². The van der Waals surface area contributed by atoms with Crippen molar-refractivity contribution in [2.75, 3.05) is 0 Å². The number of carbonyl (C=O) groups excluding carboxylic acids is 1. The monoisotopic (exact) mass is 306 g/mol. The Labute approximate surface area is 129 Å². The number of nitrogens with one attached hydrogen (secondary N) is 1. The highest BCUT2D eigenvalue weighted by molar-refractivity contribution is 5.96. The Morgan fingerprint density at radius 1 is 1.41 bits per heavy atom. The van der Waals surface area contributed by atoms with Gasteiger partial charge in [0.25, 0.3) is 5.91 Å². The van der Waals surface area contributed by atoms with Crippen molar-refractivity contribution in [2.24, 2.45) is 0 Å². The largest absolute Gasteiger partial charge is 0.480 e. The lowest BCUT2D eigenvalue weighted by molar-refractivity contribution is -0.139. The van der Waals surface area contributed by atoms with Crippen LogP contribution < -0.4 is 10.1 Å². The predicted molar refractivity (Wildman–Crippen MR) is 80.9 cm³/mol. The van der Waals surface area contributed by atoms with E-state index in [9.17, 15) is 9.59 Å². The molecule has 0 radical (unpaired) electrons. The number of aliphatic carboxylic acids is 1. The van der Waals surface area contributed by atoms with Crippen LogP contribution in [0.25, 0.3) is 0 Å². The summed E-state index contributed by atoms with van der Waals surface area (Å²) in [5.74, 6) is -1.04. The first kappa shape index (κ1) is 16.3. The van der Waals surface area contributed by atoms with E-state index in [2.05, 4.69) is 10.3 Å². The molecule has 6 nitrogen and oxygen atoms in total. The average Bonchev–Trinajstić information content (AvgIpc) is 2.53. The Hall–Kier alpha value is -2.11. The Bertz CT molecular complexity index is 527. The summed E-state index contributed by atoms with van der Waals surface area (Å²) in [7, 11) is 0. The highest BCUT2D eigenvalue weighted by atomic mass is 16.5. The van der Waals surface area contributed by atoms with Gasteiger partial charge >= 0.3 is 5.97 Å². The molecule has 120 valence electrons. The molecule has 1 aliphatic rings. The van der Waals surface area contributed by atoms with Crippen molar-refractivity contribution in [1.82, 2.24) is 10.3 Å². The lowest BCUT2D eigenvalue weighted by Gasteiger charge is -2.22. The van der Waals surface area contributed by atoms with E-state index in [1.165, 1.54) is 12.6 Å². The fourth-order valence-corrected chi connectivity index (χ4v) is 2.55. The van der Waals surface area contributed by atoms with Gasteiger partial charge in [-0.2, -0.15) is 0 Å². The van der Waals surface area contributed by atoms with Crippen LogP contribution in [-0.2, 0) is 4.79 Å². The number of aromatic nitrogens is 1. The minimum atomic E-state index is -1.04. The fourth-order valence-electron chi connectivity index (χ4n) is 2.55. The molecule has 1 unspecified atom stereocenters. The molecule has 1 saturated carbocycles. The van der Waals surface area contributed by atoms with Gasteiger partial charge in [-0.3, -0.25) is 4.79 Å². The van der Waals surface area contributed by atoms with Crippen LogP contribution in [0.15, 0.2) is 18.3 Å². The molecule has 1 atom stereocenters. The molecular formula is C16H22N2O4. The molecule has 2 N–H and O–H groups in total. The number of hydrogen-bond acceptors (Lipinski definition) is 4. The van der Waals surface area contributed by atoms with Gasteiger partial charge < -0.3 is 15.2 Å². The number of carboxylic acids is 1. The fraction of sp³-hybridized carbons (Fsp3) is 0.562. The number of carbonyl (C=O) groups is 2. The summed E-state index contributed by atoms with van der Waals surface area (Å²) in [6, 6.07) is 2.24. The van der Waals surface area contributed by atoms with Gasteiger partial charge in [0.1, 0.15) is 12.1 Å². The molecule has 1 aromatic rings. The second-order valence-corrected chi connectivity index (χ2v) is 5.53. The van der Waals surface area contributed by atoms with Gasteiger partial charge in [0.2, 0.25) is 5.88 Å². The molecule has 0 bridgehead atoms. The smallest absolute Gasteiger partial charge is 0.326 e. The van der Waals surface area contributed by atoms with Crippen LogP contribution in [-0.4, -0.2) is 34.1 Å². The zero-order valence-electron chi connectivity index (χ0n) is 12.7. The SMILES string of the molecule is CCC(NC(=O)c1ccnc(OC2CCCCC2)c1)C(=O)O. The van der Waals surface area contributed by atoms with Crippen LogP contribution in [0.2, 0.25) is 0 Å². The Morgan fingerprint density at radius 3 is 2.77 bits per heavy atom. The molecule has 6 heteroatoms. The first-order chi connectivity index (χ1) is 10.6. The molecule has 1 aromatic heterocycles. The molecule has 22 heavy (non-hydrogen) atoms. The minimum absolute atomic E-state index is 0.155. The maximum atomic E-state index is 12.1. The summed E-state index contributed by atoms with van der Waals surface area (Å²) >= 11 is 0. The Kier molecular flexibility index (Phi) is 5.75. The molecule has 0 aromatic carbocycles. The Morgan fingerprint density at radius 2 is 2.14 bits per heavy atom. The molecule has 1 fully saturated rings. The van der Waals surface area contributed by atoms with Gasteiger partial charge in [-0.15, -0.1) is 0 Å². The maximum Gasteiger partial charge on any atom is 0.326 e. The van der Waals surface area contributed by atoms with Crippen molar-refractivity contribution >= 4 is 11.9 Å². The van der Waals surface area contributed by atoms with Crippen molar-refractivity contribution in [3.63, 3.8) is 0 Å². The summed E-state index contributed by atoms with van der Waals surface area (Å²) in [6.07, 6.45) is 7.56. The second-order valence-electron chi connectivity index (χ2n) is 5.53. The molecular weight excluding hydrogens is 284 g/mol.